The van der Waals surface area contributed by atoms with E-state index in [0.29, 0.717) is 0 Å². The number of carbonyl (C=O) groups excluding carboxylic acids is 2. The molecule has 102 valence electrons. The lowest BCUT2D eigenvalue weighted by Crippen LogP contribution is -2.56. The highest BCUT2D eigenvalue weighted by Crippen LogP contribution is 2.42. The highest BCUT2D eigenvalue weighted by molar-refractivity contribution is 7.10. The lowest BCUT2D eigenvalue weighted by Gasteiger charge is -2.43. The number of ether oxygens (including phenoxy) is 1. The Balaban J connectivity index is 1.71. The van der Waals surface area contributed by atoms with Crippen LogP contribution in [0, 0.1) is 5.92 Å². The molecule has 0 aromatic carbocycles. The van der Waals surface area contributed by atoms with E-state index in [0.717, 1.165) is 30.6 Å². The molecular weight excluding hydrogens is 262 g/mol. The van der Waals surface area contributed by atoms with E-state index in [1.165, 1.54) is 4.90 Å². The van der Waals surface area contributed by atoms with E-state index >= 15 is 0 Å². The summed E-state index contributed by atoms with van der Waals surface area (Å²) in [6.45, 7) is 1.87. The summed E-state index contributed by atoms with van der Waals surface area (Å²) in [5.41, 5.74) is 0. The molecule has 1 saturated carbocycles. The number of hydrogen-bond donors (Lipinski definition) is 0. The van der Waals surface area contributed by atoms with Gasteiger partial charge in [-0.1, -0.05) is 13.0 Å². The van der Waals surface area contributed by atoms with Gasteiger partial charge in [0, 0.05) is 4.88 Å². The van der Waals surface area contributed by atoms with Crippen molar-refractivity contribution in [3.63, 3.8) is 0 Å². The molecule has 2 aliphatic rings. The highest BCUT2D eigenvalue weighted by Gasteiger charge is 2.50. The maximum Gasteiger partial charge on any atom is 0.417 e. The summed E-state index contributed by atoms with van der Waals surface area (Å²) in [5, 5.41) is 1.96. The first-order chi connectivity index (χ1) is 9.18. The standard InChI is InChI=1S/C14H17NO3S/c1-9-12(11-7-4-8-19-11)15(13(9)16)14(17)18-10-5-2-3-6-10/h4,7-10,12H,2-3,5-6H2,1H3/t9-,12-/m1/s1. The van der Waals surface area contributed by atoms with Gasteiger partial charge in [-0.2, -0.15) is 0 Å². The summed E-state index contributed by atoms with van der Waals surface area (Å²) < 4.78 is 5.43. The van der Waals surface area contributed by atoms with Crippen molar-refractivity contribution in [2.75, 3.05) is 0 Å². The van der Waals surface area contributed by atoms with Crippen LogP contribution in [-0.4, -0.2) is 23.0 Å². The first-order valence-corrected chi connectivity index (χ1v) is 7.63. The number of imide groups is 1. The molecule has 0 N–H and O–H groups in total. The zero-order chi connectivity index (χ0) is 13.4. The minimum atomic E-state index is -0.464. The molecule has 1 aromatic rings. The van der Waals surface area contributed by atoms with Crippen molar-refractivity contribution in [3.05, 3.63) is 22.4 Å². The molecule has 2 fully saturated rings. The van der Waals surface area contributed by atoms with Crippen LogP contribution in [0.5, 0.6) is 0 Å². The second kappa shape index (κ2) is 4.96. The van der Waals surface area contributed by atoms with Gasteiger partial charge in [-0.15, -0.1) is 11.3 Å². The van der Waals surface area contributed by atoms with Gasteiger partial charge in [0.15, 0.2) is 0 Å². The fourth-order valence-corrected chi connectivity index (χ4v) is 3.80. The molecule has 3 rings (SSSR count). The van der Waals surface area contributed by atoms with Crippen molar-refractivity contribution in [1.29, 1.82) is 0 Å². The Morgan fingerprint density at radius 3 is 2.79 bits per heavy atom. The van der Waals surface area contributed by atoms with Crippen LogP contribution in [0.15, 0.2) is 17.5 Å². The van der Waals surface area contributed by atoms with Gasteiger partial charge in [0.05, 0.1) is 12.0 Å². The molecule has 5 heteroatoms. The second-order valence-electron chi connectivity index (χ2n) is 5.25. The van der Waals surface area contributed by atoms with Crippen molar-refractivity contribution in [2.45, 2.75) is 44.8 Å². The van der Waals surface area contributed by atoms with Crippen LogP contribution in [0.25, 0.3) is 0 Å². The number of amides is 2. The fraction of sp³-hybridized carbons (Fsp3) is 0.571. The normalized spacial score (nSPS) is 27.4. The predicted molar refractivity (Wildman–Crippen MR) is 71.8 cm³/mol. The molecule has 1 aliphatic carbocycles. The number of hydrogen-bond acceptors (Lipinski definition) is 4. The van der Waals surface area contributed by atoms with Gasteiger partial charge >= 0.3 is 6.09 Å². The minimum absolute atomic E-state index is 0.000178. The van der Waals surface area contributed by atoms with Crippen LogP contribution in [-0.2, 0) is 9.53 Å². The largest absolute Gasteiger partial charge is 0.446 e. The Morgan fingerprint density at radius 2 is 2.16 bits per heavy atom. The van der Waals surface area contributed by atoms with E-state index in [-0.39, 0.29) is 24.0 Å². The van der Waals surface area contributed by atoms with E-state index in [4.69, 9.17) is 4.74 Å². The van der Waals surface area contributed by atoms with Crippen LogP contribution in [0.3, 0.4) is 0 Å². The van der Waals surface area contributed by atoms with Gasteiger partial charge < -0.3 is 4.74 Å². The van der Waals surface area contributed by atoms with Crippen LogP contribution in [0.4, 0.5) is 4.79 Å². The number of thiophene rings is 1. The van der Waals surface area contributed by atoms with E-state index in [2.05, 4.69) is 0 Å². The third kappa shape index (κ3) is 2.16. The van der Waals surface area contributed by atoms with E-state index < -0.39 is 6.09 Å². The summed E-state index contributed by atoms with van der Waals surface area (Å²) in [7, 11) is 0. The quantitative estimate of drug-likeness (QED) is 0.780. The molecule has 1 aromatic heterocycles. The Labute approximate surface area is 116 Å². The summed E-state index contributed by atoms with van der Waals surface area (Å²) in [6.07, 6.45) is 3.60. The number of β-lactam (4-membered cyclic amide) rings is 1. The maximum absolute atomic E-state index is 12.1. The topological polar surface area (TPSA) is 46.6 Å². The third-order valence-corrected chi connectivity index (χ3v) is 4.92. The van der Waals surface area contributed by atoms with Gasteiger partial charge in [0.25, 0.3) is 0 Å². The van der Waals surface area contributed by atoms with Gasteiger partial charge in [-0.05, 0) is 37.1 Å². The second-order valence-corrected chi connectivity index (χ2v) is 6.23. The van der Waals surface area contributed by atoms with Crippen molar-refractivity contribution >= 4 is 23.3 Å². The zero-order valence-electron chi connectivity index (χ0n) is 10.9. The molecular formula is C14H17NO3S. The highest BCUT2D eigenvalue weighted by atomic mass is 32.1. The summed E-state index contributed by atoms with van der Waals surface area (Å²) in [5.74, 6) is -0.254. The average molecular weight is 279 g/mol. The Kier molecular flexibility index (Phi) is 3.31. The number of nitrogens with zero attached hydrogens (tertiary/aromatic N) is 1. The first kappa shape index (κ1) is 12.7. The fourth-order valence-electron chi connectivity index (χ4n) is 2.88. The molecule has 0 spiro atoms. The lowest BCUT2D eigenvalue weighted by molar-refractivity contribution is -0.152. The Morgan fingerprint density at radius 1 is 1.42 bits per heavy atom. The smallest absolute Gasteiger partial charge is 0.417 e. The summed E-state index contributed by atoms with van der Waals surface area (Å²) in [6, 6.07) is 3.77. The Bertz CT molecular complexity index is 479. The number of likely N-dealkylation sites (tertiary alicyclic amines) is 1. The summed E-state index contributed by atoms with van der Waals surface area (Å²) in [4.78, 5) is 26.4. The molecule has 2 amide bonds. The molecule has 0 unspecified atom stereocenters. The average Bonchev–Trinajstić information content (AvgIpc) is 3.06. The van der Waals surface area contributed by atoms with Crippen LogP contribution in [0.2, 0.25) is 0 Å². The van der Waals surface area contributed by atoms with Crippen LogP contribution >= 0.6 is 11.3 Å². The maximum atomic E-state index is 12.1. The molecule has 0 bridgehead atoms. The minimum Gasteiger partial charge on any atom is -0.446 e. The molecule has 1 aliphatic heterocycles. The third-order valence-electron chi connectivity index (χ3n) is 3.98. The van der Waals surface area contributed by atoms with E-state index in [9.17, 15) is 9.59 Å². The molecule has 19 heavy (non-hydrogen) atoms. The molecule has 4 nitrogen and oxygen atoms in total. The van der Waals surface area contributed by atoms with Crippen molar-refractivity contribution in [1.82, 2.24) is 4.90 Å². The van der Waals surface area contributed by atoms with Gasteiger partial charge in [0.1, 0.15) is 6.10 Å². The van der Waals surface area contributed by atoms with Gasteiger partial charge in [-0.3, -0.25) is 4.79 Å². The van der Waals surface area contributed by atoms with E-state index in [1.54, 1.807) is 11.3 Å². The lowest BCUT2D eigenvalue weighted by atomic mass is 9.88. The monoisotopic (exact) mass is 279 g/mol. The van der Waals surface area contributed by atoms with Gasteiger partial charge in [-0.25, -0.2) is 9.69 Å². The van der Waals surface area contributed by atoms with Crippen LogP contribution < -0.4 is 0 Å². The molecule has 0 radical (unpaired) electrons. The van der Waals surface area contributed by atoms with Crippen molar-refractivity contribution in [2.24, 2.45) is 5.92 Å². The van der Waals surface area contributed by atoms with Crippen molar-refractivity contribution in [3.8, 4) is 0 Å². The molecule has 1 saturated heterocycles. The zero-order valence-corrected chi connectivity index (χ0v) is 11.7. The summed E-state index contributed by atoms with van der Waals surface area (Å²) >= 11 is 1.57. The van der Waals surface area contributed by atoms with Crippen LogP contribution in [0.1, 0.15) is 43.5 Å². The first-order valence-electron chi connectivity index (χ1n) is 6.75. The predicted octanol–water partition coefficient (Wildman–Crippen LogP) is 3.35. The number of rotatable bonds is 2. The van der Waals surface area contributed by atoms with Crippen molar-refractivity contribution < 1.29 is 14.3 Å². The SMILES string of the molecule is C[C@H]1C(=O)N(C(=O)OC2CCCC2)[C@H]1c1cccs1. The molecule has 2 atom stereocenters. The van der Waals surface area contributed by atoms with E-state index in [1.807, 2.05) is 24.4 Å². The van der Waals surface area contributed by atoms with Gasteiger partial charge in [0.2, 0.25) is 5.91 Å². The molecule has 2 heterocycles. The number of carbonyl (C=O) groups is 2. The Hall–Kier alpha value is -1.36.